The van der Waals surface area contributed by atoms with Gasteiger partial charge in [0, 0.05) is 12.4 Å². The maximum absolute atomic E-state index is 4.21. The Morgan fingerprint density at radius 2 is 2.55 bits per heavy atom. The lowest BCUT2D eigenvalue weighted by atomic mass is 10.1. The Kier molecular flexibility index (Phi) is 1.66. The Labute approximate surface area is 66.2 Å². The van der Waals surface area contributed by atoms with Gasteiger partial charge in [-0.15, -0.1) is 0 Å². The largest absolute Gasteiger partial charge is 0.347 e. The highest BCUT2D eigenvalue weighted by Gasteiger charge is 2.23. The molecule has 0 aromatic carbocycles. The maximum atomic E-state index is 4.21. The molecule has 1 aromatic rings. The quantitative estimate of drug-likeness (QED) is 0.630. The van der Waals surface area contributed by atoms with E-state index in [4.69, 9.17) is 0 Å². The second kappa shape index (κ2) is 2.66. The predicted molar refractivity (Wildman–Crippen MR) is 43.1 cm³/mol. The number of nitrogens with one attached hydrogen (secondary N) is 2. The molecular formula is C8H13N3. The molecule has 1 aromatic heterocycles. The molecule has 3 heteroatoms. The van der Waals surface area contributed by atoms with Gasteiger partial charge >= 0.3 is 0 Å². The van der Waals surface area contributed by atoms with E-state index in [0.717, 1.165) is 18.3 Å². The molecular weight excluding hydrogens is 138 g/mol. The first-order valence-electron chi connectivity index (χ1n) is 4.09. The van der Waals surface area contributed by atoms with E-state index in [1.54, 1.807) is 6.20 Å². The molecule has 0 aliphatic carbocycles. The monoisotopic (exact) mass is 151 g/mol. The summed E-state index contributed by atoms with van der Waals surface area (Å²) < 4.78 is 0. The number of rotatable bonds is 1. The topological polar surface area (TPSA) is 40.7 Å². The van der Waals surface area contributed by atoms with Crippen LogP contribution < -0.4 is 5.32 Å². The summed E-state index contributed by atoms with van der Waals surface area (Å²) in [6.45, 7) is 3.38. The van der Waals surface area contributed by atoms with E-state index in [0.29, 0.717) is 6.04 Å². The van der Waals surface area contributed by atoms with E-state index in [-0.39, 0.29) is 0 Å². The van der Waals surface area contributed by atoms with Crippen LogP contribution in [0.3, 0.4) is 0 Å². The second-order valence-corrected chi connectivity index (χ2v) is 3.28. The molecule has 1 saturated heterocycles. The van der Waals surface area contributed by atoms with Crippen molar-refractivity contribution in [1.82, 2.24) is 15.3 Å². The van der Waals surface area contributed by atoms with Crippen molar-refractivity contribution in [3.05, 3.63) is 18.2 Å². The first-order valence-corrected chi connectivity index (χ1v) is 4.09. The molecule has 1 aliphatic rings. The van der Waals surface area contributed by atoms with Gasteiger partial charge in [0.2, 0.25) is 0 Å². The zero-order valence-electron chi connectivity index (χ0n) is 6.67. The lowest BCUT2D eigenvalue weighted by Gasteiger charge is -2.04. The third kappa shape index (κ3) is 1.28. The fourth-order valence-electron chi connectivity index (χ4n) is 1.59. The molecule has 1 aliphatic heterocycles. The van der Waals surface area contributed by atoms with Gasteiger partial charge in [-0.25, -0.2) is 4.98 Å². The Balaban J connectivity index is 2.08. The van der Waals surface area contributed by atoms with E-state index >= 15 is 0 Å². The van der Waals surface area contributed by atoms with Crippen molar-refractivity contribution in [2.75, 3.05) is 6.54 Å². The van der Waals surface area contributed by atoms with Crippen LogP contribution >= 0.6 is 0 Å². The van der Waals surface area contributed by atoms with Gasteiger partial charge < -0.3 is 10.3 Å². The average Bonchev–Trinajstić information content (AvgIpc) is 2.55. The molecule has 0 spiro atoms. The van der Waals surface area contributed by atoms with Crippen molar-refractivity contribution in [2.24, 2.45) is 5.92 Å². The summed E-state index contributed by atoms with van der Waals surface area (Å²) in [4.78, 5) is 7.34. The Bertz CT molecular complexity index is 217. The molecule has 11 heavy (non-hydrogen) atoms. The van der Waals surface area contributed by atoms with Gasteiger partial charge in [-0.3, -0.25) is 0 Å². The van der Waals surface area contributed by atoms with Gasteiger partial charge in [-0.2, -0.15) is 0 Å². The fourth-order valence-corrected chi connectivity index (χ4v) is 1.59. The normalized spacial score (nSPS) is 31.0. The van der Waals surface area contributed by atoms with Crippen LogP contribution in [0.1, 0.15) is 25.2 Å². The molecule has 2 heterocycles. The molecule has 0 bridgehead atoms. The molecule has 1 fully saturated rings. The number of imidazole rings is 1. The Morgan fingerprint density at radius 3 is 3.09 bits per heavy atom. The lowest BCUT2D eigenvalue weighted by Crippen LogP contribution is -2.14. The summed E-state index contributed by atoms with van der Waals surface area (Å²) in [6, 6.07) is 0.458. The highest BCUT2D eigenvalue weighted by atomic mass is 15.0. The van der Waals surface area contributed by atoms with Gasteiger partial charge in [0.15, 0.2) is 0 Å². The molecule has 2 N–H and O–H groups in total. The number of nitrogens with zero attached hydrogens (tertiary/aromatic N) is 1. The van der Waals surface area contributed by atoms with Crippen LogP contribution in [-0.4, -0.2) is 16.5 Å². The SMILES string of the molecule is CC1CN[C@H](c2ncc[nH]2)C1. The van der Waals surface area contributed by atoms with Crippen LogP contribution in [0.5, 0.6) is 0 Å². The van der Waals surface area contributed by atoms with Crippen LogP contribution in [0.4, 0.5) is 0 Å². The third-order valence-electron chi connectivity index (χ3n) is 2.20. The standard InChI is InChI=1S/C8H13N3/c1-6-4-7(11-5-6)8-9-2-3-10-8/h2-3,6-7,11H,4-5H2,1H3,(H,9,10)/t6?,7-/m0/s1. The van der Waals surface area contributed by atoms with Crippen molar-refractivity contribution >= 4 is 0 Å². The lowest BCUT2D eigenvalue weighted by molar-refractivity contribution is 0.588. The number of aromatic nitrogens is 2. The zero-order chi connectivity index (χ0) is 7.68. The summed E-state index contributed by atoms with van der Waals surface area (Å²) in [7, 11) is 0. The van der Waals surface area contributed by atoms with Crippen LogP contribution in [0.25, 0.3) is 0 Å². The van der Waals surface area contributed by atoms with Crippen LogP contribution in [0.2, 0.25) is 0 Å². The molecule has 60 valence electrons. The number of hydrogen-bond donors (Lipinski definition) is 2. The molecule has 0 amide bonds. The zero-order valence-corrected chi connectivity index (χ0v) is 6.67. The van der Waals surface area contributed by atoms with E-state index in [9.17, 15) is 0 Å². The number of aromatic amines is 1. The predicted octanol–water partition coefficient (Wildman–Crippen LogP) is 1.08. The van der Waals surface area contributed by atoms with Crippen molar-refractivity contribution in [3.63, 3.8) is 0 Å². The van der Waals surface area contributed by atoms with Gasteiger partial charge in [-0.1, -0.05) is 6.92 Å². The number of hydrogen-bond acceptors (Lipinski definition) is 2. The molecule has 0 saturated carbocycles. The first kappa shape index (κ1) is 6.85. The summed E-state index contributed by atoms with van der Waals surface area (Å²) in [5, 5.41) is 3.42. The highest BCUT2D eigenvalue weighted by Crippen LogP contribution is 2.23. The van der Waals surface area contributed by atoms with Crippen molar-refractivity contribution in [1.29, 1.82) is 0 Å². The summed E-state index contributed by atoms with van der Waals surface area (Å²) in [5.41, 5.74) is 0. The molecule has 2 atom stereocenters. The minimum atomic E-state index is 0.458. The van der Waals surface area contributed by atoms with Crippen molar-refractivity contribution in [2.45, 2.75) is 19.4 Å². The minimum absolute atomic E-state index is 0.458. The Hall–Kier alpha value is -0.830. The molecule has 1 unspecified atom stereocenters. The second-order valence-electron chi connectivity index (χ2n) is 3.28. The van der Waals surface area contributed by atoms with Gasteiger partial charge in [0.25, 0.3) is 0 Å². The van der Waals surface area contributed by atoms with Crippen LogP contribution in [-0.2, 0) is 0 Å². The van der Waals surface area contributed by atoms with Crippen LogP contribution in [0.15, 0.2) is 12.4 Å². The average molecular weight is 151 g/mol. The molecule has 2 rings (SSSR count). The van der Waals surface area contributed by atoms with Crippen LogP contribution in [0, 0.1) is 5.92 Å². The minimum Gasteiger partial charge on any atom is -0.347 e. The Morgan fingerprint density at radius 1 is 1.64 bits per heavy atom. The highest BCUT2D eigenvalue weighted by molar-refractivity contribution is 4.98. The van der Waals surface area contributed by atoms with Crippen molar-refractivity contribution in [3.8, 4) is 0 Å². The third-order valence-corrected chi connectivity index (χ3v) is 2.20. The van der Waals surface area contributed by atoms with E-state index in [1.165, 1.54) is 6.42 Å². The molecule has 3 nitrogen and oxygen atoms in total. The fraction of sp³-hybridized carbons (Fsp3) is 0.625. The van der Waals surface area contributed by atoms with E-state index in [1.807, 2.05) is 6.20 Å². The van der Waals surface area contributed by atoms with Gasteiger partial charge in [0.1, 0.15) is 5.82 Å². The number of H-pyrrole nitrogens is 1. The smallest absolute Gasteiger partial charge is 0.123 e. The van der Waals surface area contributed by atoms with Gasteiger partial charge in [-0.05, 0) is 18.9 Å². The molecule has 0 radical (unpaired) electrons. The summed E-state index contributed by atoms with van der Waals surface area (Å²) in [5.74, 6) is 1.86. The summed E-state index contributed by atoms with van der Waals surface area (Å²) >= 11 is 0. The van der Waals surface area contributed by atoms with Gasteiger partial charge in [0.05, 0.1) is 6.04 Å². The summed E-state index contributed by atoms with van der Waals surface area (Å²) in [6.07, 6.45) is 4.88. The maximum Gasteiger partial charge on any atom is 0.123 e. The van der Waals surface area contributed by atoms with E-state index in [2.05, 4.69) is 22.2 Å². The van der Waals surface area contributed by atoms with E-state index < -0.39 is 0 Å². The first-order chi connectivity index (χ1) is 5.36. The van der Waals surface area contributed by atoms with Crippen molar-refractivity contribution < 1.29 is 0 Å².